The van der Waals surface area contributed by atoms with Gasteiger partial charge in [0.15, 0.2) is 0 Å². The Kier molecular flexibility index (Phi) is 3.71. The predicted molar refractivity (Wildman–Crippen MR) is 77.8 cm³/mol. The van der Waals surface area contributed by atoms with Crippen molar-refractivity contribution in [2.45, 2.75) is 36.8 Å². The molecule has 1 amide bonds. The van der Waals surface area contributed by atoms with E-state index in [4.69, 9.17) is 11.6 Å². The van der Waals surface area contributed by atoms with E-state index in [1.165, 1.54) is 5.56 Å². The molecule has 3 rings (SSSR count). The molecule has 1 aliphatic heterocycles. The minimum Gasteiger partial charge on any atom is -0.392 e. The number of hydrogen-bond donors (Lipinski definition) is 3. The average Bonchev–Trinajstić information content (AvgIpc) is 3.11. The first-order chi connectivity index (χ1) is 9.59. The monoisotopic (exact) mass is 294 g/mol. The van der Waals surface area contributed by atoms with Crippen LogP contribution in [0.1, 0.15) is 24.8 Å². The van der Waals surface area contributed by atoms with E-state index in [0.717, 1.165) is 17.9 Å². The highest BCUT2D eigenvalue weighted by molar-refractivity contribution is 6.30. The third kappa shape index (κ3) is 2.82. The summed E-state index contributed by atoms with van der Waals surface area (Å²) in [5.41, 5.74) is 1.32. The zero-order valence-corrected chi connectivity index (χ0v) is 12.0. The van der Waals surface area contributed by atoms with Crippen LogP contribution in [0.5, 0.6) is 0 Å². The third-order valence-corrected chi connectivity index (χ3v) is 4.59. The first-order valence-corrected chi connectivity index (χ1v) is 7.42. The largest absolute Gasteiger partial charge is 0.392 e. The number of carbonyl (C=O) groups excluding carboxylic acids is 1. The quantitative estimate of drug-likeness (QED) is 0.782. The van der Waals surface area contributed by atoms with Gasteiger partial charge in [-0.3, -0.25) is 4.79 Å². The Morgan fingerprint density at radius 1 is 1.40 bits per heavy atom. The molecule has 2 aliphatic rings. The van der Waals surface area contributed by atoms with Gasteiger partial charge in [0, 0.05) is 23.5 Å². The maximum atomic E-state index is 12.0. The number of hydrogen-bond acceptors (Lipinski definition) is 3. The van der Waals surface area contributed by atoms with Crippen LogP contribution in [0.4, 0.5) is 0 Å². The average molecular weight is 295 g/mol. The summed E-state index contributed by atoms with van der Waals surface area (Å²) in [5.74, 6) is -0.0122. The lowest BCUT2D eigenvalue weighted by atomic mass is 9.96. The second-order valence-electron chi connectivity index (χ2n) is 5.86. The molecule has 0 radical (unpaired) electrons. The molecular formula is C15H19ClN2O2. The minimum atomic E-state index is -0.406. The Labute approximate surface area is 123 Å². The van der Waals surface area contributed by atoms with Gasteiger partial charge in [-0.15, -0.1) is 0 Å². The smallest absolute Gasteiger partial charge is 0.237 e. The third-order valence-electron chi connectivity index (χ3n) is 4.34. The first kappa shape index (κ1) is 13.9. The number of aliphatic hydroxyl groups excluding tert-OH is 1. The SMILES string of the molecule is O=C(NCC1(c2ccc(Cl)cc2)CC1)C1CC(O)CN1. The number of nitrogens with one attached hydrogen (secondary N) is 2. The molecule has 2 atom stereocenters. The summed E-state index contributed by atoms with van der Waals surface area (Å²) >= 11 is 5.91. The van der Waals surface area contributed by atoms with Crippen molar-refractivity contribution in [1.82, 2.24) is 10.6 Å². The Bertz CT molecular complexity index is 499. The summed E-state index contributed by atoms with van der Waals surface area (Å²) in [4.78, 5) is 12.0. The van der Waals surface area contributed by atoms with E-state index in [2.05, 4.69) is 10.6 Å². The van der Waals surface area contributed by atoms with Gasteiger partial charge in [0.2, 0.25) is 5.91 Å². The highest BCUT2D eigenvalue weighted by atomic mass is 35.5. The van der Waals surface area contributed by atoms with Gasteiger partial charge in [-0.05, 0) is 37.0 Å². The Balaban J connectivity index is 1.58. The molecule has 20 heavy (non-hydrogen) atoms. The zero-order valence-electron chi connectivity index (χ0n) is 11.2. The van der Waals surface area contributed by atoms with Crippen LogP contribution in [0, 0.1) is 0 Å². The fourth-order valence-corrected chi connectivity index (χ4v) is 2.94. The number of benzene rings is 1. The van der Waals surface area contributed by atoms with E-state index < -0.39 is 6.10 Å². The van der Waals surface area contributed by atoms with Gasteiger partial charge < -0.3 is 15.7 Å². The second-order valence-corrected chi connectivity index (χ2v) is 6.29. The zero-order chi connectivity index (χ0) is 14.2. The fourth-order valence-electron chi connectivity index (χ4n) is 2.82. The van der Waals surface area contributed by atoms with Crippen LogP contribution in [0.15, 0.2) is 24.3 Å². The molecule has 1 aromatic carbocycles. The number of carbonyl (C=O) groups is 1. The van der Waals surface area contributed by atoms with E-state index in [1.807, 2.05) is 24.3 Å². The fraction of sp³-hybridized carbons (Fsp3) is 0.533. The standard InChI is InChI=1S/C15H19ClN2O2/c16-11-3-1-10(2-4-11)15(5-6-15)9-18-14(20)13-7-12(19)8-17-13/h1-4,12-13,17,19H,5-9H2,(H,18,20). The van der Waals surface area contributed by atoms with Crippen LogP contribution in [0.3, 0.4) is 0 Å². The number of halogens is 1. The molecular weight excluding hydrogens is 276 g/mol. The molecule has 0 aromatic heterocycles. The molecule has 1 saturated carbocycles. The van der Waals surface area contributed by atoms with Crippen molar-refractivity contribution in [3.05, 3.63) is 34.9 Å². The summed E-state index contributed by atoms with van der Waals surface area (Å²) in [6.07, 6.45) is 2.28. The van der Waals surface area contributed by atoms with Crippen molar-refractivity contribution in [2.24, 2.45) is 0 Å². The predicted octanol–water partition coefficient (Wildman–Crippen LogP) is 1.21. The number of aliphatic hydroxyl groups is 1. The van der Waals surface area contributed by atoms with Gasteiger partial charge in [0.25, 0.3) is 0 Å². The lowest BCUT2D eigenvalue weighted by molar-refractivity contribution is -0.123. The van der Waals surface area contributed by atoms with Gasteiger partial charge in [-0.2, -0.15) is 0 Å². The molecule has 1 saturated heterocycles. The molecule has 1 heterocycles. The van der Waals surface area contributed by atoms with Crippen LogP contribution >= 0.6 is 11.6 Å². The second kappa shape index (κ2) is 5.35. The van der Waals surface area contributed by atoms with Crippen LogP contribution in [-0.2, 0) is 10.2 Å². The summed E-state index contributed by atoms with van der Waals surface area (Å²) < 4.78 is 0. The molecule has 2 unspecified atom stereocenters. The topological polar surface area (TPSA) is 61.4 Å². The van der Waals surface area contributed by atoms with Crippen molar-refractivity contribution in [3.63, 3.8) is 0 Å². The number of β-amino-alcohol motifs (C(OH)–C–C–N with tert-alkyl or cyclic N) is 1. The van der Waals surface area contributed by atoms with Gasteiger partial charge in [-0.1, -0.05) is 23.7 Å². The summed E-state index contributed by atoms with van der Waals surface area (Å²) in [6, 6.07) is 7.62. The normalized spacial score (nSPS) is 27.3. The van der Waals surface area contributed by atoms with Gasteiger partial charge in [0.1, 0.15) is 0 Å². The highest BCUT2D eigenvalue weighted by Crippen LogP contribution is 2.47. The van der Waals surface area contributed by atoms with Crippen LogP contribution < -0.4 is 10.6 Å². The highest BCUT2D eigenvalue weighted by Gasteiger charge is 2.44. The van der Waals surface area contributed by atoms with E-state index in [9.17, 15) is 9.90 Å². The molecule has 0 bridgehead atoms. The summed E-state index contributed by atoms with van der Waals surface area (Å²) in [7, 11) is 0. The first-order valence-electron chi connectivity index (χ1n) is 7.04. The van der Waals surface area contributed by atoms with Gasteiger partial charge >= 0.3 is 0 Å². The van der Waals surface area contributed by atoms with Gasteiger partial charge in [-0.25, -0.2) is 0 Å². The van der Waals surface area contributed by atoms with Crippen LogP contribution in [0.25, 0.3) is 0 Å². The molecule has 3 N–H and O–H groups in total. The molecule has 108 valence electrons. The van der Waals surface area contributed by atoms with E-state index in [-0.39, 0.29) is 17.4 Å². The lowest BCUT2D eigenvalue weighted by Crippen LogP contribution is -2.43. The number of amides is 1. The molecule has 1 aliphatic carbocycles. The maximum Gasteiger partial charge on any atom is 0.237 e. The Morgan fingerprint density at radius 2 is 2.10 bits per heavy atom. The molecule has 2 fully saturated rings. The maximum absolute atomic E-state index is 12.0. The molecule has 5 heteroatoms. The molecule has 4 nitrogen and oxygen atoms in total. The van der Waals surface area contributed by atoms with Crippen molar-refractivity contribution < 1.29 is 9.90 Å². The van der Waals surface area contributed by atoms with Gasteiger partial charge in [0.05, 0.1) is 12.1 Å². The van der Waals surface area contributed by atoms with E-state index in [1.54, 1.807) is 0 Å². The number of rotatable bonds is 4. The Hall–Kier alpha value is -1.10. The molecule has 1 aromatic rings. The van der Waals surface area contributed by atoms with Crippen molar-refractivity contribution in [2.75, 3.05) is 13.1 Å². The van der Waals surface area contributed by atoms with Crippen LogP contribution in [0.2, 0.25) is 5.02 Å². The minimum absolute atomic E-state index is 0.0122. The van der Waals surface area contributed by atoms with Crippen LogP contribution in [-0.4, -0.2) is 36.2 Å². The van der Waals surface area contributed by atoms with Crippen molar-refractivity contribution >= 4 is 17.5 Å². The van der Waals surface area contributed by atoms with E-state index >= 15 is 0 Å². The molecule has 0 spiro atoms. The van der Waals surface area contributed by atoms with E-state index in [0.29, 0.717) is 19.5 Å². The van der Waals surface area contributed by atoms with Crippen molar-refractivity contribution in [1.29, 1.82) is 0 Å². The summed E-state index contributed by atoms with van der Waals surface area (Å²) in [5, 5.41) is 16.2. The summed E-state index contributed by atoms with van der Waals surface area (Å²) in [6.45, 7) is 1.15. The van der Waals surface area contributed by atoms with Crippen molar-refractivity contribution in [3.8, 4) is 0 Å². The lowest BCUT2D eigenvalue weighted by Gasteiger charge is -2.18. The Morgan fingerprint density at radius 3 is 2.65 bits per heavy atom.